The van der Waals surface area contributed by atoms with Gasteiger partial charge >= 0.3 is 5.97 Å². The number of rotatable bonds is 8. The van der Waals surface area contributed by atoms with Gasteiger partial charge in [0.25, 0.3) is 0 Å². The number of benzene rings is 1. The van der Waals surface area contributed by atoms with Gasteiger partial charge in [0, 0.05) is 41.0 Å². The molecule has 2 aliphatic rings. The number of nitrogens with zero attached hydrogens (tertiary/aromatic N) is 1. The normalized spacial score (nSPS) is 40.3. The Morgan fingerprint density at radius 3 is 2.42 bits per heavy atom. The summed E-state index contributed by atoms with van der Waals surface area (Å²) in [4.78, 5) is 33.1. The molecule has 12 heteroatoms. The van der Waals surface area contributed by atoms with Crippen LogP contribution >= 0.6 is 0 Å². The van der Waals surface area contributed by atoms with Gasteiger partial charge in [-0.25, -0.2) is 0 Å². The van der Waals surface area contributed by atoms with E-state index in [0.29, 0.717) is 6.42 Å². The molecule has 14 atom stereocenters. The van der Waals surface area contributed by atoms with E-state index in [2.05, 4.69) is 4.98 Å². The molecule has 4 rings (SSSR count). The number of Topliss-reactive ketones (excluding diaryl/α,β-unsaturated/α-hetero) is 1. The molecule has 0 aliphatic carbocycles. The lowest BCUT2D eigenvalue weighted by Gasteiger charge is -2.48. The maximum atomic E-state index is 14.3. The first kappa shape index (κ1) is 42.1. The number of likely N-dealkylation sites (N-methyl/N-ethyl adjacent to an activating group) is 1. The van der Waals surface area contributed by atoms with E-state index in [4.69, 9.17) is 24.7 Å². The number of hydrogen-bond acceptors (Lipinski definition) is 11. The standard InChI is InChI=1S/C40H63N3O9/c1-11-31-40(8,48)35(46)24(4)32(41)22(2)20-39(7,49-18-14-15-27-21-42-29-17-13-12-16-28(27)29)36(25(5)33(44)26(6)37(47)51-31)52-38-34(45)30(43(9)10)19-23(3)50-38/h12-17,21-26,30-32,34-36,38,42,45-46,48H,11,18-20,41H2,1-10H3/b15-14+/t22-,23-,24-,25+,26-,30+,31+,32+,34-,35-,36-,38+,39+,40-/m1/s1. The number of carbonyl (C=O) groups excluding carboxylic acids is 2. The topological polar surface area (TPSA) is 177 Å². The SMILES string of the molecule is CC[C@@H]1OC(=O)[C@H](C)C(=O)[C@H](C)[C@@H](O[C@@H]2O[C@H](C)C[C@H](N(C)C)[C@H]2O)[C@@](C)(OC/C=C/c2c[nH]c3ccccc23)C[C@@H](C)[C@H](N)[C@@H](C)[C@@H](O)[C@]1(C)O. The number of hydrogen-bond donors (Lipinski definition) is 5. The van der Waals surface area contributed by atoms with E-state index in [1.807, 2.05) is 82.4 Å². The summed E-state index contributed by atoms with van der Waals surface area (Å²) in [6.07, 6.45) is 0.963. The van der Waals surface area contributed by atoms with Crippen molar-refractivity contribution in [1.82, 2.24) is 9.88 Å². The van der Waals surface area contributed by atoms with Gasteiger partial charge in [-0.2, -0.15) is 0 Å². The zero-order valence-electron chi connectivity index (χ0n) is 32.6. The number of aromatic nitrogens is 1. The first-order valence-corrected chi connectivity index (χ1v) is 18.8. The van der Waals surface area contributed by atoms with Gasteiger partial charge in [0.15, 0.2) is 12.1 Å². The van der Waals surface area contributed by atoms with Crippen molar-refractivity contribution in [2.75, 3.05) is 20.7 Å². The Morgan fingerprint density at radius 1 is 1.10 bits per heavy atom. The summed E-state index contributed by atoms with van der Waals surface area (Å²) in [6, 6.07) is 7.06. The number of aliphatic hydroxyl groups is 3. The molecule has 0 radical (unpaired) electrons. The van der Waals surface area contributed by atoms with Crippen LogP contribution in [0.15, 0.2) is 36.5 Å². The number of cyclic esters (lactones) is 1. The first-order chi connectivity index (χ1) is 24.3. The van der Waals surface area contributed by atoms with Gasteiger partial charge in [0.2, 0.25) is 0 Å². The van der Waals surface area contributed by atoms with Gasteiger partial charge in [-0.05, 0) is 78.6 Å². The molecule has 0 unspecified atom stereocenters. The molecule has 12 nitrogen and oxygen atoms in total. The summed E-state index contributed by atoms with van der Waals surface area (Å²) in [7, 11) is 3.77. The summed E-state index contributed by atoms with van der Waals surface area (Å²) in [5, 5.41) is 35.7. The number of aliphatic hydroxyl groups excluding tert-OH is 2. The summed E-state index contributed by atoms with van der Waals surface area (Å²) < 4.78 is 25.5. The fraction of sp³-hybridized carbons (Fsp3) is 0.700. The second-order valence-corrected chi connectivity index (χ2v) is 16.0. The molecule has 0 spiro atoms. The minimum Gasteiger partial charge on any atom is -0.459 e. The minimum absolute atomic E-state index is 0.131. The van der Waals surface area contributed by atoms with E-state index in [0.717, 1.165) is 16.5 Å². The molecule has 0 amide bonds. The number of H-pyrrole nitrogens is 1. The van der Waals surface area contributed by atoms with Crippen molar-refractivity contribution >= 4 is 28.7 Å². The highest BCUT2D eigenvalue weighted by atomic mass is 16.7. The van der Waals surface area contributed by atoms with Gasteiger partial charge in [-0.15, -0.1) is 0 Å². The van der Waals surface area contributed by atoms with Crippen LogP contribution in [-0.2, 0) is 28.5 Å². The number of ether oxygens (including phenoxy) is 4. The molecule has 52 heavy (non-hydrogen) atoms. The van der Waals surface area contributed by atoms with E-state index in [1.165, 1.54) is 13.8 Å². The van der Waals surface area contributed by atoms with Crippen molar-refractivity contribution in [3.63, 3.8) is 0 Å². The molecule has 2 aliphatic heterocycles. The number of nitrogens with two attached hydrogens (primary N) is 1. The van der Waals surface area contributed by atoms with Crippen LogP contribution in [0.2, 0.25) is 0 Å². The Morgan fingerprint density at radius 2 is 1.77 bits per heavy atom. The average Bonchev–Trinajstić information content (AvgIpc) is 3.52. The third kappa shape index (κ3) is 8.98. The maximum absolute atomic E-state index is 14.3. The summed E-state index contributed by atoms with van der Waals surface area (Å²) in [5.41, 5.74) is 5.78. The van der Waals surface area contributed by atoms with Crippen molar-refractivity contribution in [3.8, 4) is 0 Å². The lowest BCUT2D eigenvalue weighted by Crippen LogP contribution is -2.61. The molecule has 2 fully saturated rings. The summed E-state index contributed by atoms with van der Waals surface area (Å²) in [5.74, 6) is -4.42. The molecule has 0 bridgehead atoms. The monoisotopic (exact) mass is 729 g/mol. The van der Waals surface area contributed by atoms with Crippen LogP contribution in [0, 0.1) is 23.7 Å². The Bertz CT molecular complexity index is 1530. The molecular weight excluding hydrogens is 666 g/mol. The number of nitrogens with one attached hydrogen (secondary N) is 1. The molecule has 292 valence electrons. The maximum Gasteiger partial charge on any atom is 0.316 e. The van der Waals surface area contributed by atoms with Crippen LogP contribution in [0.4, 0.5) is 0 Å². The lowest BCUT2D eigenvalue weighted by atomic mass is 9.73. The van der Waals surface area contributed by atoms with Crippen LogP contribution in [0.1, 0.15) is 80.2 Å². The van der Waals surface area contributed by atoms with Gasteiger partial charge in [0.1, 0.15) is 23.7 Å². The van der Waals surface area contributed by atoms with Crippen LogP contribution < -0.4 is 5.73 Å². The molecule has 3 heterocycles. The van der Waals surface area contributed by atoms with Crippen LogP contribution in [0.5, 0.6) is 0 Å². The Labute approximate surface area is 309 Å². The lowest BCUT2D eigenvalue weighted by molar-refractivity contribution is -0.297. The predicted octanol–water partition coefficient (Wildman–Crippen LogP) is 4.05. The number of aromatic amines is 1. The zero-order chi connectivity index (χ0) is 38.7. The van der Waals surface area contributed by atoms with Crippen LogP contribution in [-0.4, -0.2) is 118 Å². The Balaban J connectivity index is 1.78. The quantitative estimate of drug-likeness (QED) is 0.196. The van der Waals surface area contributed by atoms with Crippen LogP contribution in [0.25, 0.3) is 17.0 Å². The molecular formula is C40H63N3O9. The average molecular weight is 730 g/mol. The second kappa shape index (κ2) is 17.2. The van der Waals surface area contributed by atoms with Gasteiger partial charge in [-0.3, -0.25) is 9.59 Å². The highest BCUT2D eigenvalue weighted by Crippen LogP contribution is 2.39. The number of carbonyl (C=O) groups is 2. The molecule has 2 aromatic rings. The molecule has 6 N–H and O–H groups in total. The molecule has 2 saturated heterocycles. The van der Waals surface area contributed by atoms with Crippen molar-refractivity contribution in [2.24, 2.45) is 29.4 Å². The molecule has 0 saturated carbocycles. The fourth-order valence-corrected chi connectivity index (χ4v) is 8.24. The third-order valence-electron chi connectivity index (χ3n) is 11.6. The third-order valence-corrected chi connectivity index (χ3v) is 11.6. The molecule has 1 aromatic carbocycles. The Kier molecular flexibility index (Phi) is 13.9. The molecule has 1 aromatic heterocycles. The number of ketones is 1. The fourth-order valence-electron chi connectivity index (χ4n) is 8.24. The highest BCUT2D eigenvalue weighted by Gasteiger charge is 2.52. The predicted molar refractivity (Wildman–Crippen MR) is 200 cm³/mol. The van der Waals surface area contributed by atoms with E-state index < -0.39 is 77.5 Å². The van der Waals surface area contributed by atoms with Crippen molar-refractivity contribution in [3.05, 3.63) is 42.1 Å². The first-order valence-electron chi connectivity index (χ1n) is 18.8. The largest absolute Gasteiger partial charge is 0.459 e. The smallest absolute Gasteiger partial charge is 0.316 e. The summed E-state index contributed by atoms with van der Waals surface area (Å²) >= 11 is 0. The Hall–Kier alpha value is -2.68. The van der Waals surface area contributed by atoms with E-state index >= 15 is 0 Å². The second-order valence-electron chi connectivity index (χ2n) is 16.0. The number of esters is 1. The van der Waals surface area contributed by atoms with Crippen molar-refractivity contribution < 1.29 is 43.9 Å². The van der Waals surface area contributed by atoms with Crippen LogP contribution in [0.3, 0.4) is 0 Å². The van der Waals surface area contributed by atoms with E-state index in [-0.39, 0.29) is 37.5 Å². The number of fused-ring (bicyclic) bond motifs is 1. The van der Waals surface area contributed by atoms with Gasteiger partial charge in [-0.1, -0.05) is 58.0 Å². The van der Waals surface area contributed by atoms with Crippen molar-refractivity contribution in [1.29, 1.82) is 0 Å². The van der Waals surface area contributed by atoms with Crippen molar-refractivity contribution in [2.45, 2.75) is 135 Å². The van der Waals surface area contributed by atoms with E-state index in [9.17, 15) is 24.9 Å². The highest BCUT2D eigenvalue weighted by molar-refractivity contribution is 6.00. The van der Waals surface area contributed by atoms with E-state index in [1.54, 1.807) is 20.8 Å². The minimum atomic E-state index is -1.84. The zero-order valence-corrected chi connectivity index (χ0v) is 32.6. The van der Waals surface area contributed by atoms with Gasteiger partial charge < -0.3 is 49.9 Å². The number of para-hydroxylation sites is 1. The summed E-state index contributed by atoms with van der Waals surface area (Å²) in [6.45, 7) is 13.9. The van der Waals surface area contributed by atoms with Gasteiger partial charge in [0.05, 0.1) is 30.5 Å².